The number of hydrogen-bond acceptors (Lipinski definition) is 4. The molecule has 0 aliphatic heterocycles. The van der Waals surface area contributed by atoms with E-state index < -0.39 is 29.6 Å². The van der Waals surface area contributed by atoms with Gasteiger partial charge in [-0.25, -0.2) is 0 Å². The lowest BCUT2D eigenvalue weighted by Gasteiger charge is -2.24. The Kier molecular flexibility index (Phi) is 6.75. The third-order valence-electron chi connectivity index (χ3n) is 4.01. The molecule has 2 atom stereocenters. The van der Waals surface area contributed by atoms with Gasteiger partial charge < -0.3 is 9.84 Å². The molecule has 0 bridgehead atoms. The first-order valence-electron chi connectivity index (χ1n) is 9.02. The number of benzene rings is 2. The Balaban J connectivity index is 2.03. The molecule has 2 N–H and O–H groups in total. The molecule has 5 nitrogen and oxygen atoms in total. The van der Waals surface area contributed by atoms with Crippen LogP contribution in [-0.2, 0) is 20.7 Å². The van der Waals surface area contributed by atoms with Gasteiger partial charge in [-0.2, -0.15) is 0 Å². The zero-order valence-electron chi connectivity index (χ0n) is 16.2. The van der Waals surface area contributed by atoms with Gasteiger partial charge in [0, 0.05) is 0 Å². The van der Waals surface area contributed by atoms with Crippen molar-refractivity contribution in [2.45, 2.75) is 51.8 Å². The molecule has 2 aromatic rings. The fourth-order valence-corrected chi connectivity index (χ4v) is 2.68. The molecule has 5 heteroatoms. The van der Waals surface area contributed by atoms with Crippen LogP contribution in [0.2, 0.25) is 0 Å². The van der Waals surface area contributed by atoms with Gasteiger partial charge in [-0.3, -0.25) is 14.9 Å². The van der Waals surface area contributed by atoms with Gasteiger partial charge in [0.2, 0.25) is 0 Å². The Morgan fingerprint density at radius 3 is 2.07 bits per heavy atom. The van der Waals surface area contributed by atoms with Crippen molar-refractivity contribution in [1.82, 2.24) is 5.32 Å². The third-order valence-corrected chi connectivity index (χ3v) is 4.01. The highest BCUT2D eigenvalue weighted by Crippen LogP contribution is 2.20. The van der Waals surface area contributed by atoms with Gasteiger partial charge in [-0.05, 0) is 50.8 Å². The predicted molar refractivity (Wildman–Crippen MR) is 105 cm³/mol. The van der Waals surface area contributed by atoms with E-state index in [-0.39, 0.29) is 6.42 Å². The average Bonchev–Trinajstić information content (AvgIpc) is 2.61. The first-order chi connectivity index (χ1) is 12.7. The zero-order valence-corrected chi connectivity index (χ0v) is 16.2. The Morgan fingerprint density at radius 2 is 1.56 bits per heavy atom. The maximum absolute atomic E-state index is 12.1. The molecule has 0 heterocycles. The summed E-state index contributed by atoms with van der Waals surface area (Å²) in [5, 5.41) is 12.4. The summed E-state index contributed by atoms with van der Waals surface area (Å²) in [5.74, 6) is -1.47. The maximum Gasteiger partial charge on any atom is 0.323 e. The first-order valence-corrected chi connectivity index (χ1v) is 9.02. The van der Waals surface area contributed by atoms with E-state index >= 15 is 0 Å². The molecule has 0 amide bonds. The number of carbonyl (C=O) groups is 2. The van der Waals surface area contributed by atoms with Gasteiger partial charge >= 0.3 is 11.9 Å². The fraction of sp³-hybridized carbons (Fsp3) is 0.364. The van der Waals surface area contributed by atoms with Crippen LogP contribution in [0.1, 0.15) is 33.3 Å². The molecule has 144 valence electrons. The molecule has 0 aromatic heterocycles. The average molecular weight is 369 g/mol. The van der Waals surface area contributed by atoms with Gasteiger partial charge in [0.05, 0.1) is 0 Å². The number of aliphatic carboxylic acids is 1. The summed E-state index contributed by atoms with van der Waals surface area (Å²) >= 11 is 0. The molecule has 2 aromatic carbocycles. The summed E-state index contributed by atoms with van der Waals surface area (Å²) in [7, 11) is 0. The molecule has 27 heavy (non-hydrogen) atoms. The summed E-state index contributed by atoms with van der Waals surface area (Å²) < 4.78 is 5.30. The van der Waals surface area contributed by atoms with Crippen LogP contribution < -0.4 is 5.32 Å². The largest absolute Gasteiger partial charge is 0.480 e. The lowest BCUT2D eigenvalue weighted by atomic mass is 10.0. The summed E-state index contributed by atoms with van der Waals surface area (Å²) in [6.07, 6.45) is 0.275. The lowest BCUT2D eigenvalue weighted by molar-refractivity contribution is -0.157. The summed E-state index contributed by atoms with van der Waals surface area (Å²) in [6.45, 7) is 6.95. The lowest BCUT2D eigenvalue weighted by Crippen LogP contribution is -2.48. The number of ether oxygens (including phenoxy) is 1. The van der Waals surface area contributed by atoms with Crippen molar-refractivity contribution < 1.29 is 19.4 Å². The number of hydrogen-bond donors (Lipinski definition) is 2. The molecule has 0 saturated heterocycles. The van der Waals surface area contributed by atoms with E-state index in [1.54, 1.807) is 27.7 Å². The van der Waals surface area contributed by atoms with Crippen LogP contribution in [0.4, 0.5) is 0 Å². The normalized spacial score (nSPS) is 13.6. The molecule has 0 spiro atoms. The Morgan fingerprint density at radius 1 is 1.00 bits per heavy atom. The molecule has 0 aliphatic rings. The molecule has 1 unspecified atom stereocenters. The highest BCUT2D eigenvalue weighted by molar-refractivity contribution is 5.79. The second kappa shape index (κ2) is 8.82. The molecule has 2 rings (SSSR count). The van der Waals surface area contributed by atoms with Crippen molar-refractivity contribution in [2.75, 3.05) is 0 Å². The summed E-state index contributed by atoms with van der Waals surface area (Å²) in [6, 6.07) is 16.2. The molecular weight excluding hydrogens is 342 g/mol. The minimum atomic E-state index is -1.00. The number of rotatable bonds is 7. The van der Waals surface area contributed by atoms with Crippen LogP contribution in [0.15, 0.2) is 54.6 Å². The van der Waals surface area contributed by atoms with Crippen molar-refractivity contribution in [1.29, 1.82) is 0 Å². The highest BCUT2D eigenvalue weighted by atomic mass is 16.6. The van der Waals surface area contributed by atoms with Gasteiger partial charge in [0.1, 0.15) is 17.7 Å². The van der Waals surface area contributed by atoms with E-state index in [0.29, 0.717) is 0 Å². The van der Waals surface area contributed by atoms with Gasteiger partial charge in [0.25, 0.3) is 0 Å². The van der Waals surface area contributed by atoms with E-state index in [1.807, 2.05) is 54.6 Å². The Bertz CT molecular complexity index is 763. The van der Waals surface area contributed by atoms with Gasteiger partial charge in [-0.1, -0.05) is 54.6 Å². The van der Waals surface area contributed by atoms with E-state index in [4.69, 9.17) is 4.74 Å². The van der Waals surface area contributed by atoms with Crippen LogP contribution in [0.5, 0.6) is 0 Å². The van der Waals surface area contributed by atoms with Crippen molar-refractivity contribution in [3.8, 4) is 11.1 Å². The van der Waals surface area contributed by atoms with E-state index in [1.165, 1.54) is 0 Å². The second-order valence-electron chi connectivity index (χ2n) is 7.58. The first kappa shape index (κ1) is 20.6. The van der Waals surface area contributed by atoms with Crippen LogP contribution in [0.25, 0.3) is 11.1 Å². The monoisotopic (exact) mass is 369 g/mol. The van der Waals surface area contributed by atoms with E-state index in [9.17, 15) is 14.7 Å². The second-order valence-corrected chi connectivity index (χ2v) is 7.58. The maximum atomic E-state index is 12.1. The molecule has 0 saturated carbocycles. The highest BCUT2D eigenvalue weighted by Gasteiger charge is 2.27. The van der Waals surface area contributed by atoms with Gasteiger partial charge in [0.15, 0.2) is 0 Å². The minimum Gasteiger partial charge on any atom is -0.480 e. The van der Waals surface area contributed by atoms with E-state index in [2.05, 4.69) is 5.32 Å². The predicted octanol–water partition coefficient (Wildman–Crippen LogP) is 3.67. The number of esters is 1. The van der Waals surface area contributed by atoms with Crippen LogP contribution in [0, 0.1) is 0 Å². The Hall–Kier alpha value is -2.66. The minimum absolute atomic E-state index is 0.275. The van der Waals surface area contributed by atoms with E-state index in [0.717, 1.165) is 16.7 Å². The number of carbonyl (C=O) groups excluding carboxylic acids is 1. The topological polar surface area (TPSA) is 75.6 Å². The molecular formula is C22H27NO4. The van der Waals surface area contributed by atoms with Crippen LogP contribution in [-0.4, -0.2) is 34.7 Å². The molecule has 0 aliphatic carbocycles. The quantitative estimate of drug-likeness (QED) is 0.729. The summed E-state index contributed by atoms with van der Waals surface area (Å²) in [5.41, 5.74) is 2.45. The molecule has 0 fully saturated rings. The third kappa shape index (κ3) is 6.53. The van der Waals surface area contributed by atoms with Crippen molar-refractivity contribution in [3.05, 3.63) is 60.2 Å². The Labute approximate surface area is 160 Å². The summed E-state index contributed by atoms with van der Waals surface area (Å²) in [4.78, 5) is 23.7. The fourth-order valence-electron chi connectivity index (χ4n) is 2.68. The zero-order chi connectivity index (χ0) is 20.0. The van der Waals surface area contributed by atoms with Crippen LogP contribution in [0.3, 0.4) is 0 Å². The van der Waals surface area contributed by atoms with Crippen molar-refractivity contribution in [3.63, 3.8) is 0 Å². The number of nitrogens with one attached hydrogen (secondary N) is 1. The van der Waals surface area contributed by atoms with Crippen LogP contribution >= 0.6 is 0 Å². The molecule has 0 radical (unpaired) electrons. The van der Waals surface area contributed by atoms with Gasteiger partial charge in [-0.15, -0.1) is 0 Å². The number of carboxylic acids is 1. The van der Waals surface area contributed by atoms with Crippen molar-refractivity contribution >= 4 is 11.9 Å². The smallest absolute Gasteiger partial charge is 0.323 e. The SMILES string of the molecule is C[C@H](NC(Cc1ccc(-c2ccccc2)cc1)C(=O)O)C(=O)OC(C)(C)C. The number of carboxylic acid groups (broad SMARTS) is 1. The standard InChI is InChI=1S/C22H27NO4/c1-15(21(26)27-22(2,3)4)23-19(20(24)25)14-16-10-12-18(13-11-16)17-8-6-5-7-9-17/h5-13,15,19,23H,14H2,1-4H3,(H,24,25)/t15-,19?/m0/s1. The van der Waals surface area contributed by atoms with Crippen molar-refractivity contribution in [2.24, 2.45) is 0 Å².